The van der Waals surface area contributed by atoms with E-state index >= 15 is 0 Å². The maximum atomic E-state index is 9.05. The molecule has 2 heterocycles. The SMILES string of the molecule is Cn1cc2c(CO)cc(Cl)nc2n1. The summed E-state index contributed by atoms with van der Waals surface area (Å²) in [4.78, 5) is 4.03. The normalized spacial score (nSPS) is 11.0. The minimum Gasteiger partial charge on any atom is -0.392 e. The predicted molar refractivity (Wildman–Crippen MR) is 49.4 cm³/mol. The van der Waals surface area contributed by atoms with Gasteiger partial charge in [0.2, 0.25) is 0 Å². The average molecular weight is 198 g/mol. The predicted octanol–water partition coefficient (Wildman–Crippen LogP) is 1.11. The van der Waals surface area contributed by atoms with Crippen LogP contribution in [-0.2, 0) is 13.7 Å². The van der Waals surface area contributed by atoms with E-state index in [1.54, 1.807) is 17.8 Å². The highest BCUT2D eigenvalue weighted by Crippen LogP contribution is 2.19. The Balaban J connectivity index is 2.80. The first kappa shape index (κ1) is 8.47. The van der Waals surface area contributed by atoms with E-state index in [2.05, 4.69) is 10.1 Å². The highest BCUT2D eigenvalue weighted by atomic mass is 35.5. The lowest BCUT2D eigenvalue weighted by Crippen LogP contribution is -1.87. The largest absolute Gasteiger partial charge is 0.392 e. The highest BCUT2D eigenvalue weighted by Gasteiger charge is 2.06. The number of aliphatic hydroxyl groups excluding tert-OH is 1. The molecule has 5 heteroatoms. The van der Waals surface area contributed by atoms with Crippen LogP contribution in [0, 0.1) is 0 Å². The second-order valence-corrected chi connectivity index (χ2v) is 3.19. The van der Waals surface area contributed by atoms with Gasteiger partial charge in [0.15, 0.2) is 5.65 Å². The van der Waals surface area contributed by atoms with E-state index < -0.39 is 0 Å². The molecule has 0 atom stereocenters. The van der Waals surface area contributed by atoms with Crippen LogP contribution in [0.4, 0.5) is 0 Å². The number of nitrogens with zero attached hydrogens (tertiary/aromatic N) is 3. The molecule has 0 spiro atoms. The van der Waals surface area contributed by atoms with Gasteiger partial charge in [0.25, 0.3) is 0 Å². The fourth-order valence-electron chi connectivity index (χ4n) is 1.27. The van der Waals surface area contributed by atoms with Crippen LogP contribution < -0.4 is 0 Å². The molecular formula is C8H8ClN3O. The summed E-state index contributed by atoms with van der Waals surface area (Å²) in [5.74, 6) is 0. The maximum absolute atomic E-state index is 9.05. The van der Waals surface area contributed by atoms with E-state index in [1.165, 1.54) is 0 Å². The average Bonchev–Trinajstić information content (AvgIpc) is 2.43. The number of rotatable bonds is 1. The molecule has 0 aliphatic carbocycles. The van der Waals surface area contributed by atoms with Crippen LogP contribution in [0.5, 0.6) is 0 Å². The Morgan fingerprint density at radius 3 is 3.08 bits per heavy atom. The number of aryl methyl sites for hydroxylation is 1. The quantitative estimate of drug-likeness (QED) is 0.697. The van der Waals surface area contributed by atoms with Crippen LogP contribution in [0.3, 0.4) is 0 Å². The van der Waals surface area contributed by atoms with Crippen LogP contribution in [0.25, 0.3) is 11.0 Å². The van der Waals surface area contributed by atoms with Gasteiger partial charge < -0.3 is 5.11 Å². The number of pyridine rings is 1. The summed E-state index contributed by atoms with van der Waals surface area (Å²) in [6.45, 7) is -0.0512. The molecule has 0 unspecified atom stereocenters. The van der Waals surface area contributed by atoms with Crippen molar-refractivity contribution in [3.8, 4) is 0 Å². The maximum Gasteiger partial charge on any atom is 0.182 e. The molecule has 2 aromatic heterocycles. The molecule has 13 heavy (non-hydrogen) atoms. The van der Waals surface area contributed by atoms with Gasteiger partial charge in [-0.05, 0) is 11.6 Å². The summed E-state index contributed by atoms with van der Waals surface area (Å²) in [5, 5.41) is 14.3. The lowest BCUT2D eigenvalue weighted by molar-refractivity contribution is 0.283. The Kier molecular flexibility index (Phi) is 1.94. The number of aromatic nitrogens is 3. The molecule has 0 aliphatic rings. The van der Waals surface area contributed by atoms with Crippen molar-refractivity contribution in [1.82, 2.24) is 14.8 Å². The van der Waals surface area contributed by atoms with Gasteiger partial charge in [0.05, 0.1) is 6.61 Å². The minimum absolute atomic E-state index is 0.0512. The smallest absolute Gasteiger partial charge is 0.182 e. The van der Waals surface area contributed by atoms with Gasteiger partial charge in [-0.3, -0.25) is 4.68 Å². The first-order valence-electron chi connectivity index (χ1n) is 3.80. The molecule has 0 radical (unpaired) electrons. The second-order valence-electron chi connectivity index (χ2n) is 2.80. The second kappa shape index (κ2) is 2.97. The summed E-state index contributed by atoms with van der Waals surface area (Å²) in [7, 11) is 1.80. The van der Waals surface area contributed by atoms with E-state index in [0.29, 0.717) is 10.8 Å². The first-order valence-corrected chi connectivity index (χ1v) is 4.18. The highest BCUT2D eigenvalue weighted by molar-refractivity contribution is 6.29. The topological polar surface area (TPSA) is 50.9 Å². The Hall–Kier alpha value is -1.13. The molecule has 0 saturated carbocycles. The molecule has 0 amide bonds. The molecule has 0 saturated heterocycles. The zero-order valence-electron chi connectivity index (χ0n) is 7.03. The Morgan fingerprint density at radius 2 is 2.38 bits per heavy atom. The van der Waals surface area contributed by atoms with Gasteiger partial charge in [-0.25, -0.2) is 4.98 Å². The van der Waals surface area contributed by atoms with Gasteiger partial charge in [-0.15, -0.1) is 0 Å². The monoisotopic (exact) mass is 197 g/mol. The fourth-order valence-corrected chi connectivity index (χ4v) is 1.48. The van der Waals surface area contributed by atoms with Gasteiger partial charge in [-0.2, -0.15) is 5.10 Å². The van der Waals surface area contributed by atoms with Crippen LogP contribution in [0.1, 0.15) is 5.56 Å². The number of hydrogen-bond acceptors (Lipinski definition) is 3. The van der Waals surface area contributed by atoms with Crippen molar-refractivity contribution in [3.05, 3.63) is 23.0 Å². The molecular weight excluding hydrogens is 190 g/mol. The molecule has 0 aliphatic heterocycles. The molecule has 2 rings (SSSR count). The summed E-state index contributed by atoms with van der Waals surface area (Å²) in [6.07, 6.45) is 1.81. The van der Waals surface area contributed by atoms with Crippen molar-refractivity contribution in [1.29, 1.82) is 0 Å². The zero-order valence-corrected chi connectivity index (χ0v) is 7.78. The molecule has 0 fully saturated rings. The van der Waals surface area contributed by atoms with Crippen molar-refractivity contribution in [2.24, 2.45) is 7.05 Å². The minimum atomic E-state index is -0.0512. The number of halogens is 1. The molecule has 68 valence electrons. The lowest BCUT2D eigenvalue weighted by Gasteiger charge is -1.96. The third-order valence-corrected chi connectivity index (χ3v) is 2.03. The molecule has 0 bridgehead atoms. The van der Waals surface area contributed by atoms with Crippen molar-refractivity contribution < 1.29 is 5.11 Å². The third-order valence-electron chi connectivity index (χ3n) is 1.83. The van der Waals surface area contributed by atoms with Crippen molar-refractivity contribution >= 4 is 22.6 Å². The Morgan fingerprint density at radius 1 is 1.62 bits per heavy atom. The van der Waals surface area contributed by atoms with E-state index in [1.807, 2.05) is 6.20 Å². The molecule has 2 aromatic rings. The Bertz CT molecular complexity index is 452. The van der Waals surface area contributed by atoms with E-state index in [9.17, 15) is 0 Å². The summed E-state index contributed by atoms with van der Waals surface area (Å²) >= 11 is 5.74. The van der Waals surface area contributed by atoms with Crippen LogP contribution >= 0.6 is 11.6 Å². The fraction of sp³-hybridized carbons (Fsp3) is 0.250. The summed E-state index contributed by atoms with van der Waals surface area (Å²) in [6, 6.07) is 1.64. The van der Waals surface area contributed by atoms with Crippen LogP contribution in [0.2, 0.25) is 5.15 Å². The van der Waals surface area contributed by atoms with Crippen molar-refractivity contribution in [2.75, 3.05) is 0 Å². The van der Waals surface area contributed by atoms with Crippen molar-refractivity contribution in [2.45, 2.75) is 6.61 Å². The van der Waals surface area contributed by atoms with Crippen molar-refractivity contribution in [3.63, 3.8) is 0 Å². The van der Waals surface area contributed by atoms with Crippen LogP contribution in [0.15, 0.2) is 12.3 Å². The molecule has 0 aromatic carbocycles. The van der Waals surface area contributed by atoms with Gasteiger partial charge in [-0.1, -0.05) is 11.6 Å². The number of fused-ring (bicyclic) bond motifs is 1. The third kappa shape index (κ3) is 1.38. The molecule has 4 nitrogen and oxygen atoms in total. The summed E-state index contributed by atoms with van der Waals surface area (Å²) in [5.41, 5.74) is 1.32. The van der Waals surface area contributed by atoms with Crippen LogP contribution in [-0.4, -0.2) is 19.9 Å². The number of aliphatic hydroxyl groups is 1. The van der Waals surface area contributed by atoms with Gasteiger partial charge in [0.1, 0.15) is 5.15 Å². The van der Waals surface area contributed by atoms with E-state index in [4.69, 9.17) is 16.7 Å². The standard InChI is InChI=1S/C8H8ClN3O/c1-12-3-6-5(4-13)2-7(9)10-8(6)11-12/h2-3,13H,4H2,1H3. The first-order chi connectivity index (χ1) is 6.20. The zero-order chi connectivity index (χ0) is 9.42. The number of hydrogen-bond donors (Lipinski definition) is 1. The molecule has 1 N–H and O–H groups in total. The van der Waals surface area contributed by atoms with Gasteiger partial charge >= 0.3 is 0 Å². The Labute approximate surface area is 79.8 Å². The van der Waals surface area contributed by atoms with Gasteiger partial charge in [0, 0.05) is 18.6 Å². The van der Waals surface area contributed by atoms with E-state index in [-0.39, 0.29) is 6.61 Å². The van der Waals surface area contributed by atoms with E-state index in [0.717, 1.165) is 10.9 Å². The lowest BCUT2D eigenvalue weighted by atomic mass is 10.2. The summed E-state index contributed by atoms with van der Waals surface area (Å²) < 4.78 is 1.65.